The number of hydrogen-bond donors (Lipinski definition) is 0. The minimum atomic E-state index is 0.604. The van der Waals surface area contributed by atoms with Gasteiger partial charge in [0.15, 0.2) is 5.58 Å². The number of para-hydroxylation sites is 2. The van der Waals surface area contributed by atoms with Crippen LogP contribution in [0.1, 0.15) is 0 Å². The van der Waals surface area contributed by atoms with Crippen LogP contribution in [0.5, 0.6) is 0 Å². The Kier molecular flexibility index (Phi) is 4.79. The van der Waals surface area contributed by atoms with E-state index in [9.17, 15) is 0 Å². The van der Waals surface area contributed by atoms with E-state index in [2.05, 4.69) is 77.7 Å². The first-order valence-corrected chi connectivity index (χ1v) is 13.0. The fourth-order valence-electron chi connectivity index (χ4n) is 5.46. The molecule has 0 unspecified atom stereocenters. The number of furan rings is 1. The van der Waals surface area contributed by atoms with Crippen LogP contribution in [-0.4, -0.2) is 4.98 Å². The summed E-state index contributed by atoms with van der Waals surface area (Å²) in [5.74, 6) is 0.604. The lowest BCUT2D eigenvalue weighted by molar-refractivity contribution is 0.620. The molecule has 0 aliphatic heterocycles. The normalized spacial score (nSPS) is 11.6. The van der Waals surface area contributed by atoms with Gasteiger partial charge in [0.25, 0.3) is 0 Å². The number of benzene rings is 6. The second kappa shape index (κ2) is 8.61. The van der Waals surface area contributed by atoms with Gasteiger partial charge in [-0.05, 0) is 60.0 Å². The number of aromatic nitrogens is 1. The third kappa shape index (κ3) is 3.50. The van der Waals surface area contributed by atoms with Crippen LogP contribution in [0.15, 0.2) is 142 Å². The smallest absolute Gasteiger partial charge is 0.227 e. The molecule has 8 rings (SSSR count). The van der Waals surface area contributed by atoms with Gasteiger partial charge in [0.05, 0.1) is 5.69 Å². The standard InChI is InChI=1S/C35H22N2O2/c1-3-11-23(12-4-1)35-36-33-27-16-8-7-13-24(27)21-30(34(33)39-35)37(25-14-5-2-6-15-25)26-19-20-32-29(22-26)28-17-9-10-18-31(28)38-32/h1-22H. The van der Waals surface area contributed by atoms with Crippen molar-refractivity contribution in [1.29, 1.82) is 0 Å². The van der Waals surface area contributed by atoms with Crippen molar-refractivity contribution in [1.82, 2.24) is 4.98 Å². The second-order valence-corrected chi connectivity index (χ2v) is 9.63. The Balaban J connectivity index is 1.44. The average molecular weight is 503 g/mol. The number of oxazole rings is 1. The van der Waals surface area contributed by atoms with Gasteiger partial charge in [-0.15, -0.1) is 0 Å². The van der Waals surface area contributed by atoms with E-state index >= 15 is 0 Å². The predicted octanol–water partition coefficient (Wildman–Crippen LogP) is 10.0. The molecule has 0 atom stereocenters. The molecule has 0 saturated carbocycles. The Labute approximate surface area is 224 Å². The highest BCUT2D eigenvalue weighted by Gasteiger charge is 2.22. The van der Waals surface area contributed by atoms with Crippen LogP contribution in [0.4, 0.5) is 17.1 Å². The van der Waals surface area contributed by atoms with Crippen LogP contribution >= 0.6 is 0 Å². The molecule has 0 fully saturated rings. The lowest BCUT2D eigenvalue weighted by Crippen LogP contribution is -2.10. The summed E-state index contributed by atoms with van der Waals surface area (Å²) < 4.78 is 12.7. The van der Waals surface area contributed by atoms with Gasteiger partial charge in [-0.25, -0.2) is 4.98 Å². The van der Waals surface area contributed by atoms with E-state index in [-0.39, 0.29) is 0 Å². The number of fused-ring (bicyclic) bond motifs is 6. The molecule has 0 saturated heterocycles. The first-order chi connectivity index (χ1) is 19.3. The van der Waals surface area contributed by atoms with Crippen molar-refractivity contribution in [3.63, 3.8) is 0 Å². The quantitative estimate of drug-likeness (QED) is 0.240. The first-order valence-electron chi connectivity index (χ1n) is 13.0. The molecule has 39 heavy (non-hydrogen) atoms. The fourth-order valence-corrected chi connectivity index (χ4v) is 5.46. The molecule has 4 heteroatoms. The summed E-state index contributed by atoms with van der Waals surface area (Å²) in [7, 11) is 0. The van der Waals surface area contributed by atoms with Crippen LogP contribution in [0, 0.1) is 0 Å². The largest absolute Gasteiger partial charge is 0.456 e. The Bertz CT molecular complexity index is 2130. The summed E-state index contributed by atoms with van der Waals surface area (Å²) in [4.78, 5) is 7.26. The molecular formula is C35H22N2O2. The average Bonchev–Trinajstić information content (AvgIpc) is 3.61. The van der Waals surface area contributed by atoms with Crippen molar-refractivity contribution in [2.45, 2.75) is 0 Å². The number of rotatable bonds is 4. The van der Waals surface area contributed by atoms with Crippen LogP contribution in [0.25, 0.3) is 55.3 Å². The minimum absolute atomic E-state index is 0.604. The molecule has 2 aromatic heterocycles. The van der Waals surface area contributed by atoms with E-state index in [0.29, 0.717) is 5.89 Å². The Morgan fingerprint density at radius 1 is 0.513 bits per heavy atom. The van der Waals surface area contributed by atoms with E-state index in [1.54, 1.807) is 0 Å². The molecular weight excluding hydrogens is 480 g/mol. The van der Waals surface area contributed by atoms with Gasteiger partial charge in [-0.1, -0.05) is 78.9 Å². The van der Waals surface area contributed by atoms with Crippen molar-refractivity contribution >= 4 is 60.9 Å². The molecule has 0 N–H and O–H groups in total. The van der Waals surface area contributed by atoms with Crippen molar-refractivity contribution in [2.75, 3.05) is 4.90 Å². The van der Waals surface area contributed by atoms with Crippen LogP contribution in [-0.2, 0) is 0 Å². The number of hydrogen-bond acceptors (Lipinski definition) is 4. The predicted molar refractivity (Wildman–Crippen MR) is 159 cm³/mol. The molecule has 0 spiro atoms. The summed E-state index contributed by atoms with van der Waals surface area (Å²) in [6.45, 7) is 0. The Morgan fingerprint density at radius 3 is 2.05 bits per heavy atom. The zero-order valence-electron chi connectivity index (χ0n) is 20.9. The monoisotopic (exact) mass is 502 g/mol. The third-order valence-electron chi connectivity index (χ3n) is 7.26. The van der Waals surface area contributed by atoms with Gasteiger partial charge in [-0.2, -0.15) is 0 Å². The zero-order chi connectivity index (χ0) is 25.8. The van der Waals surface area contributed by atoms with Crippen molar-refractivity contribution < 1.29 is 8.83 Å². The maximum absolute atomic E-state index is 6.59. The van der Waals surface area contributed by atoms with Gasteiger partial charge >= 0.3 is 0 Å². The van der Waals surface area contributed by atoms with Crippen molar-refractivity contribution in [3.05, 3.63) is 133 Å². The summed E-state index contributed by atoms with van der Waals surface area (Å²) in [6, 6.07) is 45.5. The van der Waals surface area contributed by atoms with Crippen LogP contribution in [0.2, 0.25) is 0 Å². The van der Waals surface area contributed by atoms with Gasteiger partial charge in [0.1, 0.15) is 16.7 Å². The summed E-state index contributed by atoms with van der Waals surface area (Å²) in [6.07, 6.45) is 0. The highest BCUT2D eigenvalue weighted by atomic mass is 16.3. The molecule has 2 heterocycles. The number of nitrogens with zero attached hydrogens (tertiary/aromatic N) is 2. The van der Waals surface area contributed by atoms with Gasteiger partial charge < -0.3 is 13.7 Å². The molecule has 6 aromatic carbocycles. The lowest BCUT2D eigenvalue weighted by Gasteiger charge is -2.25. The first kappa shape index (κ1) is 21.7. The molecule has 0 aliphatic carbocycles. The molecule has 0 aliphatic rings. The van der Waals surface area contributed by atoms with E-state index in [1.807, 2.05) is 60.7 Å². The SMILES string of the molecule is c1ccc(-c2nc3c(o2)c(N(c2ccccc2)c2ccc4oc5ccccc5c4c2)cc2ccccc23)cc1. The molecule has 184 valence electrons. The second-order valence-electron chi connectivity index (χ2n) is 9.63. The molecule has 0 bridgehead atoms. The minimum Gasteiger partial charge on any atom is -0.456 e. The van der Waals surface area contributed by atoms with E-state index in [1.165, 1.54) is 0 Å². The topological polar surface area (TPSA) is 42.4 Å². The molecule has 4 nitrogen and oxygen atoms in total. The van der Waals surface area contributed by atoms with Crippen molar-refractivity contribution in [3.8, 4) is 11.5 Å². The Morgan fingerprint density at radius 2 is 1.21 bits per heavy atom. The third-order valence-corrected chi connectivity index (χ3v) is 7.26. The zero-order valence-corrected chi connectivity index (χ0v) is 20.9. The summed E-state index contributed by atoms with van der Waals surface area (Å²) >= 11 is 0. The maximum atomic E-state index is 6.59. The van der Waals surface area contributed by atoms with E-state index in [0.717, 1.165) is 66.4 Å². The number of anilines is 3. The summed E-state index contributed by atoms with van der Waals surface area (Å²) in [5.41, 5.74) is 7.24. The van der Waals surface area contributed by atoms with Crippen molar-refractivity contribution in [2.24, 2.45) is 0 Å². The maximum Gasteiger partial charge on any atom is 0.227 e. The van der Waals surface area contributed by atoms with Crippen LogP contribution in [0.3, 0.4) is 0 Å². The summed E-state index contributed by atoms with van der Waals surface area (Å²) in [5, 5.41) is 4.33. The molecule has 0 amide bonds. The van der Waals surface area contributed by atoms with Gasteiger partial charge in [0.2, 0.25) is 5.89 Å². The van der Waals surface area contributed by atoms with E-state index < -0.39 is 0 Å². The molecule has 8 aromatic rings. The lowest BCUT2D eigenvalue weighted by atomic mass is 10.1. The highest BCUT2D eigenvalue weighted by Crippen LogP contribution is 2.44. The van der Waals surface area contributed by atoms with E-state index in [4.69, 9.17) is 13.8 Å². The molecule has 0 radical (unpaired) electrons. The highest BCUT2D eigenvalue weighted by molar-refractivity contribution is 6.12. The van der Waals surface area contributed by atoms with Crippen LogP contribution < -0.4 is 4.90 Å². The Hall–Kier alpha value is -5.35. The van der Waals surface area contributed by atoms with Gasteiger partial charge in [-0.3, -0.25) is 0 Å². The fraction of sp³-hybridized carbons (Fsp3) is 0. The van der Waals surface area contributed by atoms with Gasteiger partial charge in [0, 0.05) is 33.1 Å².